The van der Waals surface area contributed by atoms with Gasteiger partial charge in [-0.15, -0.1) is 0 Å². The zero-order valence-corrected chi connectivity index (χ0v) is 11.2. The summed E-state index contributed by atoms with van der Waals surface area (Å²) in [7, 11) is 0. The van der Waals surface area contributed by atoms with E-state index in [4.69, 9.17) is 9.47 Å². The van der Waals surface area contributed by atoms with Crippen molar-refractivity contribution in [2.24, 2.45) is 0 Å². The minimum atomic E-state index is -0.0989. The van der Waals surface area contributed by atoms with Crippen LogP contribution in [0.3, 0.4) is 0 Å². The summed E-state index contributed by atoms with van der Waals surface area (Å²) in [6, 6.07) is 7.42. The highest BCUT2D eigenvalue weighted by molar-refractivity contribution is 5.77. The van der Waals surface area contributed by atoms with Gasteiger partial charge in [0.05, 0.1) is 6.61 Å². The number of carbonyl (C=O) groups is 1. The molecule has 18 heavy (non-hydrogen) atoms. The lowest BCUT2D eigenvalue weighted by Gasteiger charge is -2.12. The average molecular weight is 251 g/mol. The lowest BCUT2D eigenvalue weighted by atomic mass is 10.2. The Hall–Kier alpha value is -1.71. The molecule has 0 aliphatic heterocycles. The summed E-state index contributed by atoms with van der Waals surface area (Å²) in [6.45, 7) is 6.60. The normalized spacial score (nSPS) is 11.7. The van der Waals surface area contributed by atoms with Crippen LogP contribution in [-0.4, -0.2) is 25.2 Å². The molecular formula is C14H21NO3. The highest BCUT2D eigenvalue weighted by atomic mass is 16.5. The maximum absolute atomic E-state index is 11.5. The van der Waals surface area contributed by atoms with Crippen LogP contribution in [0.1, 0.15) is 27.2 Å². The molecule has 1 atom stereocenters. The van der Waals surface area contributed by atoms with Crippen molar-refractivity contribution in [2.45, 2.75) is 33.2 Å². The van der Waals surface area contributed by atoms with Crippen LogP contribution in [0.4, 0.5) is 0 Å². The third-order valence-electron chi connectivity index (χ3n) is 2.52. The first kappa shape index (κ1) is 14.4. The maximum atomic E-state index is 11.5. The van der Waals surface area contributed by atoms with Crippen molar-refractivity contribution in [1.29, 1.82) is 0 Å². The molecule has 0 spiro atoms. The van der Waals surface area contributed by atoms with Crippen LogP contribution in [0, 0.1) is 0 Å². The molecule has 1 rings (SSSR count). The van der Waals surface area contributed by atoms with Crippen molar-refractivity contribution >= 4 is 5.91 Å². The van der Waals surface area contributed by atoms with Gasteiger partial charge < -0.3 is 14.8 Å². The van der Waals surface area contributed by atoms with Crippen LogP contribution in [0.25, 0.3) is 0 Å². The van der Waals surface area contributed by atoms with Crippen LogP contribution in [-0.2, 0) is 4.79 Å². The Balaban J connectivity index is 2.36. The Morgan fingerprint density at radius 1 is 1.17 bits per heavy atom. The van der Waals surface area contributed by atoms with E-state index in [0.717, 1.165) is 12.2 Å². The van der Waals surface area contributed by atoms with Gasteiger partial charge >= 0.3 is 0 Å². The standard InChI is InChI=1S/C14H21NO3/c1-4-11(3)15-14(16)10-18-13-8-6-12(7-9-13)17-5-2/h6-9,11H,4-5,10H2,1-3H3,(H,15,16)/t11-/m1/s1. The topological polar surface area (TPSA) is 47.6 Å². The fourth-order valence-corrected chi connectivity index (χ4v) is 1.37. The minimum absolute atomic E-state index is 0.0400. The molecule has 100 valence electrons. The van der Waals surface area contributed by atoms with Crippen LogP contribution >= 0.6 is 0 Å². The van der Waals surface area contributed by atoms with Gasteiger partial charge in [0.2, 0.25) is 0 Å². The molecule has 0 unspecified atom stereocenters. The SMILES string of the molecule is CCOc1ccc(OCC(=O)N[C@H](C)CC)cc1. The van der Waals surface area contributed by atoms with E-state index in [1.54, 1.807) is 12.1 Å². The molecule has 0 aromatic heterocycles. The highest BCUT2D eigenvalue weighted by Crippen LogP contribution is 2.17. The second kappa shape index (κ2) is 7.58. The van der Waals surface area contributed by atoms with Crippen LogP contribution in [0.2, 0.25) is 0 Å². The smallest absolute Gasteiger partial charge is 0.258 e. The summed E-state index contributed by atoms with van der Waals surface area (Å²) in [5, 5.41) is 2.84. The number of hydrogen-bond donors (Lipinski definition) is 1. The van der Waals surface area contributed by atoms with Crippen molar-refractivity contribution in [3.8, 4) is 11.5 Å². The van der Waals surface area contributed by atoms with Gasteiger partial charge in [0.15, 0.2) is 6.61 Å². The van der Waals surface area contributed by atoms with Gasteiger partial charge in [0, 0.05) is 6.04 Å². The van der Waals surface area contributed by atoms with Crippen molar-refractivity contribution in [2.75, 3.05) is 13.2 Å². The van der Waals surface area contributed by atoms with Gasteiger partial charge in [0.25, 0.3) is 5.91 Å². The zero-order valence-electron chi connectivity index (χ0n) is 11.2. The molecule has 1 N–H and O–H groups in total. The number of carbonyl (C=O) groups excluding carboxylic acids is 1. The number of hydrogen-bond acceptors (Lipinski definition) is 3. The molecule has 4 nitrogen and oxygen atoms in total. The minimum Gasteiger partial charge on any atom is -0.494 e. The van der Waals surface area contributed by atoms with E-state index in [0.29, 0.717) is 12.4 Å². The molecule has 0 aliphatic carbocycles. The molecule has 1 aromatic carbocycles. The molecule has 0 saturated heterocycles. The second-order valence-corrected chi connectivity index (χ2v) is 4.07. The van der Waals surface area contributed by atoms with Crippen molar-refractivity contribution < 1.29 is 14.3 Å². The molecule has 0 saturated carbocycles. The highest BCUT2D eigenvalue weighted by Gasteiger charge is 2.06. The predicted molar refractivity (Wildman–Crippen MR) is 71.0 cm³/mol. The Kier molecular flexibility index (Phi) is 6.05. The summed E-state index contributed by atoms with van der Waals surface area (Å²) < 4.78 is 10.7. The number of amides is 1. The number of ether oxygens (including phenoxy) is 2. The molecule has 0 radical (unpaired) electrons. The van der Waals surface area contributed by atoms with Gasteiger partial charge in [0.1, 0.15) is 11.5 Å². The van der Waals surface area contributed by atoms with E-state index < -0.39 is 0 Å². The van der Waals surface area contributed by atoms with Gasteiger partial charge in [-0.1, -0.05) is 6.92 Å². The molecule has 0 aliphatic rings. The number of nitrogens with one attached hydrogen (secondary N) is 1. The third-order valence-corrected chi connectivity index (χ3v) is 2.52. The molecular weight excluding hydrogens is 230 g/mol. The van der Waals surface area contributed by atoms with Crippen molar-refractivity contribution in [3.05, 3.63) is 24.3 Å². The first-order chi connectivity index (χ1) is 8.65. The number of rotatable bonds is 7. The monoisotopic (exact) mass is 251 g/mol. The van der Waals surface area contributed by atoms with Crippen LogP contribution < -0.4 is 14.8 Å². The van der Waals surface area contributed by atoms with Crippen molar-refractivity contribution in [3.63, 3.8) is 0 Å². The molecule has 0 fully saturated rings. The fraction of sp³-hybridized carbons (Fsp3) is 0.500. The quantitative estimate of drug-likeness (QED) is 0.809. The van der Waals surface area contributed by atoms with E-state index in [-0.39, 0.29) is 18.6 Å². The van der Waals surface area contributed by atoms with Crippen LogP contribution in [0.15, 0.2) is 24.3 Å². The van der Waals surface area contributed by atoms with E-state index in [1.165, 1.54) is 0 Å². The zero-order chi connectivity index (χ0) is 13.4. The third kappa shape index (κ3) is 5.08. The lowest BCUT2D eigenvalue weighted by molar-refractivity contribution is -0.123. The first-order valence-electron chi connectivity index (χ1n) is 6.30. The van der Waals surface area contributed by atoms with Gasteiger partial charge in [-0.2, -0.15) is 0 Å². The molecule has 0 heterocycles. The van der Waals surface area contributed by atoms with Crippen LogP contribution in [0.5, 0.6) is 11.5 Å². The van der Waals surface area contributed by atoms with Gasteiger partial charge in [-0.3, -0.25) is 4.79 Å². The van der Waals surface area contributed by atoms with E-state index in [9.17, 15) is 4.79 Å². The second-order valence-electron chi connectivity index (χ2n) is 4.07. The Morgan fingerprint density at radius 2 is 1.72 bits per heavy atom. The Labute approximate surface area is 108 Å². The summed E-state index contributed by atoms with van der Waals surface area (Å²) in [5.41, 5.74) is 0. The number of benzene rings is 1. The Bertz CT molecular complexity index is 362. The summed E-state index contributed by atoms with van der Waals surface area (Å²) in [5.74, 6) is 1.37. The molecule has 4 heteroatoms. The average Bonchev–Trinajstić information content (AvgIpc) is 2.38. The molecule has 1 aromatic rings. The first-order valence-corrected chi connectivity index (χ1v) is 6.30. The fourth-order valence-electron chi connectivity index (χ4n) is 1.37. The molecule has 1 amide bonds. The maximum Gasteiger partial charge on any atom is 0.258 e. The summed E-state index contributed by atoms with van der Waals surface area (Å²) in [6.07, 6.45) is 0.912. The predicted octanol–water partition coefficient (Wildman–Crippen LogP) is 2.38. The van der Waals surface area contributed by atoms with Crippen molar-refractivity contribution in [1.82, 2.24) is 5.32 Å². The van der Waals surface area contributed by atoms with E-state index in [2.05, 4.69) is 5.32 Å². The summed E-state index contributed by atoms with van der Waals surface area (Å²) in [4.78, 5) is 11.5. The largest absolute Gasteiger partial charge is 0.494 e. The molecule has 0 bridgehead atoms. The Morgan fingerprint density at radius 3 is 2.22 bits per heavy atom. The van der Waals surface area contributed by atoms with E-state index >= 15 is 0 Å². The van der Waals surface area contributed by atoms with E-state index in [1.807, 2.05) is 32.9 Å². The van der Waals surface area contributed by atoms with Gasteiger partial charge in [-0.25, -0.2) is 0 Å². The van der Waals surface area contributed by atoms with Gasteiger partial charge in [-0.05, 0) is 44.5 Å². The lowest BCUT2D eigenvalue weighted by Crippen LogP contribution is -2.35. The summed E-state index contributed by atoms with van der Waals surface area (Å²) >= 11 is 0.